The van der Waals surface area contributed by atoms with Crippen molar-refractivity contribution in [2.75, 3.05) is 13.1 Å². The van der Waals surface area contributed by atoms with E-state index in [1.807, 2.05) is 54.6 Å². The van der Waals surface area contributed by atoms with Crippen LogP contribution in [0.2, 0.25) is 0 Å². The molecule has 0 saturated carbocycles. The number of nitrogens with one attached hydrogen (secondary N) is 2. The van der Waals surface area contributed by atoms with Crippen molar-refractivity contribution in [3.05, 3.63) is 65.7 Å². The van der Waals surface area contributed by atoms with E-state index >= 15 is 0 Å². The minimum Gasteiger partial charge on any atom is -0.489 e. The standard InChI is InChI=1S/C18H20N2O2/c21-18(20-16-10-11-19-12-16)15-8-6-14(7-9-15)13-22-17-4-2-1-3-5-17/h1-9,16,19H,10-13H2,(H,20,21). The predicted octanol–water partition coefficient (Wildman–Crippen LogP) is 2.36. The third kappa shape index (κ3) is 3.86. The van der Waals surface area contributed by atoms with Gasteiger partial charge in [-0.3, -0.25) is 4.79 Å². The van der Waals surface area contributed by atoms with Gasteiger partial charge >= 0.3 is 0 Å². The normalized spacial score (nSPS) is 17.2. The van der Waals surface area contributed by atoms with Crippen LogP contribution in [-0.2, 0) is 6.61 Å². The topological polar surface area (TPSA) is 50.4 Å². The lowest BCUT2D eigenvalue weighted by Crippen LogP contribution is -2.36. The van der Waals surface area contributed by atoms with E-state index in [1.54, 1.807) is 0 Å². The van der Waals surface area contributed by atoms with Crippen LogP contribution < -0.4 is 15.4 Å². The Morgan fingerprint density at radius 1 is 1.14 bits per heavy atom. The number of ether oxygens (including phenoxy) is 1. The number of rotatable bonds is 5. The molecule has 22 heavy (non-hydrogen) atoms. The zero-order chi connectivity index (χ0) is 15.2. The van der Waals surface area contributed by atoms with Gasteiger partial charge in [0, 0.05) is 18.2 Å². The maximum absolute atomic E-state index is 12.1. The average molecular weight is 296 g/mol. The summed E-state index contributed by atoms with van der Waals surface area (Å²) in [6, 6.07) is 17.5. The highest BCUT2D eigenvalue weighted by Crippen LogP contribution is 2.12. The Balaban J connectivity index is 1.54. The van der Waals surface area contributed by atoms with E-state index in [4.69, 9.17) is 4.74 Å². The molecule has 1 fully saturated rings. The second-order valence-corrected chi connectivity index (χ2v) is 5.46. The first kappa shape index (κ1) is 14.6. The molecule has 1 amide bonds. The van der Waals surface area contributed by atoms with Gasteiger partial charge in [-0.15, -0.1) is 0 Å². The highest BCUT2D eigenvalue weighted by atomic mass is 16.5. The van der Waals surface area contributed by atoms with Crippen LogP contribution in [0, 0.1) is 0 Å². The van der Waals surface area contributed by atoms with Crippen molar-refractivity contribution >= 4 is 5.91 Å². The lowest BCUT2D eigenvalue weighted by molar-refractivity contribution is 0.0940. The molecule has 0 radical (unpaired) electrons. The van der Waals surface area contributed by atoms with Gasteiger partial charge in [-0.05, 0) is 42.8 Å². The van der Waals surface area contributed by atoms with Crippen LogP contribution in [0.1, 0.15) is 22.3 Å². The van der Waals surface area contributed by atoms with Gasteiger partial charge in [0.05, 0.1) is 0 Å². The van der Waals surface area contributed by atoms with Crippen LogP contribution in [0.15, 0.2) is 54.6 Å². The molecular weight excluding hydrogens is 276 g/mol. The van der Waals surface area contributed by atoms with E-state index in [1.165, 1.54) is 0 Å². The molecule has 0 bridgehead atoms. The van der Waals surface area contributed by atoms with Gasteiger partial charge in [0.1, 0.15) is 12.4 Å². The minimum absolute atomic E-state index is 0.00997. The quantitative estimate of drug-likeness (QED) is 0.890. The fraction of sp³-hybridized carbons (Fsp3) is 0.278. The molecule has 1 unspecified atom stereocenters. The molecule has 3 rings (SSSR count). The Morgan fingerprint density at radius 3 is 2.59 bits per heavy atom. The van der Waals surface area contributed by atoms with Crippen LogP contribution in [0.5, 0.6) is 5.75 Å². The molecule has 114 valence electrons. The van der Waals surface area contributed by atoms with Crippen molar-refractivity contribution in [2.45, 2.75) is 19.1 Å². The maximum atomic E-state index is 12.1. The van der Waals surface area contributed by atoms with E-state index in [0.29, 0.717) is 12.2 Å². The lowest BCUT2D eigenvalue weighted by Gasteiger charge is -2.11. The van der Waals surface area contributed by atoms with Crippen molar-refractivity contribution < 1.29 is 9.53 Å². The summed E-state index contributed by atoms with van der Waals surface area (Å²) in [5, 5.41) is 6.28. The number of amides is 1. The average Bonchev–Trinajstić information content (AvgIpc) is 3.07. The minimum atomic E-state index is -0.00997. The smallest absolute Gasteiger partial charge is 0.251 e. The second-order valence-electron chi connectivity index (χ2n) is 5.46. The fourth-order valence-electron chi connectivity index (χ4n) is 2.48. The first-order valence-corrected chi connectivity index (χ1v) is 7.59. The summed E-state index contributed by atoms with van der Waals surface area (Å²) in [4.78, 5) is 12.1. The Bertz CT molecular complexity index is 605. The molecule has 2 N–H and O–H groups in total. The third-order valence-corrected chi connectivity index (χ3v) is 3.76. The first-order chi connectivity index (χ1) is 10.8. The summed E-state index contributed by atoms with van der Waals surface area (Å²) >= 11 is 0. The predicted molar refractivity (Wildman–Crippen MR) is 86.0 cm³/mol. The fourth-order valence-corrected chi connectivity index (χ4v) is 2.48. The van der Waals surface area contributed by atoms with E-state index in [9.17, 15) is 4.79 Å². The molecule has 2 aromatic rings. The summed E-state index contributed by atoms with van der Waals surface area (Å²) in [6.07, 6.45) is 0.995. The van der Waals surface area contributed by atoms with E-state index in [0.717, 1.165) is 30.8 Å². The molecule has 1 aliphatic rings. The molecule has 1 saturated heterocycles. The number of carbonyl (C=O) groups excluding carboxylic acids is 1. The lowest BCUT2D eigenvalue weighted by atomic mass is 10.1. The van der Waals surface area contributed by atoms with Crippen LogP contribution in [-0.4, -0.2) is 25.0 Å². The second kappa shape index (κ2) is 7.09. The summed E-state index contributed by atoms with van der Waals surface area (Å²) < 4.78 is 5.69. The highest BCUT2D eigenvalue weighted by molar-refractivity contribution is 5.94. The summed E-state index contributed by atoms with van der Waals surface area (Å²) in [7, 11) is 0. The largest absolute Gasteiger partial charge is 0.489 e. The molecule has 1 aliphatic heterocycles. The molecule has 4 heteroatoms. The van der Waals surface area contributed by atoms with Crippen molar-refractivity contribution in [3.8, 4) is 5.75 Å². The van der Waals surface area contributed by atoms with E-state index in [-0.39, 0.29) is 11.9 Å². The van der Waals surface area contributed by atoms with Gasteiger partial charge in [0.15, 0.2) is 0 Å². The SMILES string of the molecule is O=C(NC1CCNC1)c1ccc(COc2ccccc2)cc1. The monoisotopic (exact) mass is 296 g/mol. The number of hydrogen-bond donors (Lipinski definition) is 2. The molecule has 2 aromatic carbocycles. The Morgan fingerprint density at radius 2 is 1.91 bits per heavy atom. The first-order valence-electron chi connectivity index (χ1n) is 7.59. The van der Waals surface area contributed by atoms with Crippen molar-refractivity contribution in [1.82, 2.24) is 10.6 Å². The zero-order valence-electron chi connectivity index (χ0n) is 12.4. The number of carbonyl (C=O) groups is 1. The van der Waals surface area contributed by atoms with Gasteiger partial charge in [0.2, 0.25) is 0 Å². The summed E-state index contributed by atoms with van der Waals surface area (Å²) in [5.74, 6) is 0.835. The summed E-state index contributed by atoms with van der Waals surface area (Å²) in [5.41, 5.74) is 1.73. The van der Waals surface area contributed by atoms with Crippen LogP contribution in [0.25, 0.3) is 0 Å². The molecular formula is C18H20N2O2. The van der Waals surface area contributed by atoms with Crippen LogP contribution in [0.3, 0.4) is 0 Å². The Hall–Kier alpha value is -2.33. The highest BCUT2D eigenvalue weighted by Gasteiger charge is 2.17. The third-order valence-electron chi connectivity index (χ3n) is 3.76. The van der Waals surface area contributed by atoms with E-state index < -0.39 is 0 Å². The van der Waals surface area contributed by atoms with Gasteiger partial charge in [-0.2, -0.15) is 0 Å². The van der Waals surface area contributed by atoms with Gasteiger partial charge < -0.3 is 15.4 Å². The van der Waals surface area contributed by atoms with Crippen LogP contribution >= 0.6 is 0 Å². The van der Waals surface area contributed by atoms with Crippen molar-refractivity contribution in [3.63, 3.8) is 0 Å². The number of benzene rings is 2. The molecule has 0 spiro atoms. The van der Waals surface area contributed by atoms with Crippen molar-refractivity contribution in [1.29, 1.82) is 0 Å². The van der Waals surface area contributed by atoms with Crippen LogP contribution in [0.4, 0.5) is 0 Å². The van der Waals surface area contributed by atoms with Crippen molar-refractivity contribution in [2.24, 2.45) is 0 Å². The number of hydrogen-bond acceptors (Lipinski definition) is 3. The van der Waals surface area contributed by atoms with Gasteiger partial charge in [-0.25, -0.2) is 0 Å². The molecule has 1 heterocycles. The molecule has 4 nitrogen and oxygen atoms in total. The Kier molecular flexibility index (Phi) is 4.71. The maximum Gasteiger partial charge on any atom is 0.251 e. The number of para-hydroxylation sites is 1. The summed E-state index contributed by atoms with van der Waals surface area (Å²) in [6.45, 7) is 2.33. The molecule has 1 atom stereocenters. The molecule has 0 aliphatic carbocycles. The van der Waals surface area contributed by atoms with Gasteiger partial charge in [-0.1, -0.05) is 30.3 Å². The van der Waals surface area contributed by atoms with Gasteiger partial charge in [0.25, 0.3) is 5.91 Å². The zero-order valence-corrected chi connectivity index (χ0v) is 12.4. The Labute approximate surface area is 130 Å². The molecule has 0 aromatic heterocycles. The van der Waals surface area contributed by atoms with E-state index in [2.05, 4.69) is 10.6 Å².